The summed E-state index contributed by atoms with van der Waals surface area (Å²) >= 11 is 1.56. The van der Waals surface area contributed by atoms with E-state index in [9.17, 15) is 0 Å². The van der Waals surface area contributed by atoms with Gasteiger partial charge in [-0.2, -0.15) is 0 Å². The summed E-state index contributed by atoms with van der Waals surface area (Å²) in [5.74, 6) is 0.441. The van der Waals surface area contributed by atoms with Crippen molar-refractivity contribution in [1.82, 2.24) is 9.55 Å². The van der Waals surface area contributed by atoms with Crippen molar-refractivity contribution in [3.63, 3.8) is 0 Å². The minimum Gasteiger partial charge on any atom is -0.340 e. The summed E-state index contributed by atoms with van der Waals surface area (Å²) in [5.41, 5.74) is 2.22. The molecular weight excluding hydrogens is 316 g/mol. The molecule has 0 fully saturated rings. The molecule has 22 heavy (non-hydrogen) atoms. The first-order valence-corrected chi connectivity index (χ1v) is 7.63. The minimum absolute atomic E-state index is 0. The van der Waals surface area contributed by atoms with Gasteiger partial charge < -0.3 is 9.88 Å². The Bertz CT molecular complexity index is 690. The molecule has 6 heteroatoms. The molecule has 0 amide bonds. The number of benzene rings is 1. The van der Waals surface area contributed by atoms with E-state index in [0.717, 1.165) is 23.5 Å². The van der Waals surface area contributed by atoms with Crippen LogP contribution in [0.15, 0.2) is 60.5 Å². The van der Waals surface area contributed by atoms with Crippen LogP contribution < -0.4 is 5.32 Å². The predicted octanol–water partition coefficient (Wildman–Crippen LogP) is 4.05. The highest BCUT2D eigenvalue weighted by Gasteiger charge is 2.02. The maximum atomic E-state index is 8.00. The summed E-state index contributed by atoms with van der Waals surface area (Å²) in [6.45, 7) is 0.928. The summed E-state index contributed by atoms with van der Waals surface area (Å²) in [6, 6.07) is 12.1. The Labute approximate surface area is 139 Å². The molecule has 3 rings (SSSR count). The Morgan fingerprint density at radius 1 is 1.23 bits per heavy atom. The topological polar surface area (TPSA) is 53.7 Å². The molecule has 0 saturated carbocycles. The molecule has 0 saturated heterocycles. The number of rotatable bonds is 5. The lowest BCUT2D eigenvalue weighted by atomic mass is 10.1. The zero-order chi connectivity index (χ0) is 14.5. The summed E-state index contributed by atoms with van der Waals surface area (Å²) < 4.78 is 2.07. The highest BCUT2D eigenvalue weighted by Crippen LogP contribution is 2.14. The minimum atomic E-state index is 0. The number of aryl methyl sites for hydroxylation is 2. The first kappa shape index (κ1) is 16.3. The summed E-state index contributed by atoms with van der Waals surface area (Å²) in [6.07, 6.45) is 6.57. The SMILES string of the molecule is Cl.N=C(Nc1ccc(CCn2ccnc2)cc1)c1cccs1. The Morgan fingerprint density at radius 3 is 2.68 bits per heavy atom. The van der Waals surface area contributed by atoms with Crippen LogP contribution in [0.3, 0.4) is 0 Å². The highest BCUT2D eigenvalue weighted by molar-refractivity contribution is 7.12. The number of imidazole rings is 1. The number of aromatic nitrogens is 2. The molecule has 4 nitrogen and oxygen atoms in total. The molecule has 0 aliphatic carbocycles. The van der Waals surface area contributed by atoms with Crippen LogP contribution in [-0.2, 0) is 13.0 Å². The second-order valence-corrected chi connectivity index (χ2v) is 5.67. The summed E-state index contributed by atoms with van der Waals surface area (Å²) in [4.78, 5) is 4.98. The zero-order valence-electron chi connectivity index (χ0n) is 11.9. The number of nitrogens with zero attached hydrogens (tertiary/aromatic N) is 2. The fraction of sp³-hybridized carbons (Fsp3) is 0.125. The van der Waals surface area contributed by atoms with E-state index in [-0.39, 0.29) is 12.4 Å². The second-order valence-electron chi connectivity index (χ2n) is 4.72. The number of thiophene rings is 1. The molecule has 0 atom stereocenters. The lowest BCUT2D eigenvalue weighted by Gasteiger charge is -2.08. The smallest absolute Gasteiger partial charge is 0.140 e. The first-order valence-electron chi connectivity index (χ1n) is 6.75. The summed E-state index contributed by atoms with van der Waals surface area (Å²) in [5, 5.41) is 13.1. The molecule has 0 aliphatic heterocycles. The van der Waals surface area contributed by atoms with Crippen LogP contribution in [0.5, 0.6) is 0 Å². The van der Waals surface area contributed by atoms with Crippen LogP contribution in [0.25, 0.3) is 0 Å². The van der Waals surface area contributed by atoms with E-state index in [4.69, 9.17) is 5.41 Å². The maximum Gasteiger partial charge on any atom is 0.140 e. The van der Waals surface area contributed by atoms with E-state index in [2.05, 4.69) is 27.0 Å². The second kappa shape index (κ2) is 7.77. The van der Waals surface area contributed by atoms with E-state index >= 15 is 0 Å². The van der Waals surface area contributed by atoms with Gasteiger partial charge in [-0.15, -0.1) is 23.7 Å². The van der Waals surface area contributed by atoms with Gasteiger partial charge >= 0.3 is 0 Å². The molecule has 0 bridgehead atoms. The molecule has 3 aromatic rings. The molecule has 0 unspecified atom stereocenters. The van der Waals surface area contributed by atoms with Crippen molar-refractivity contribution in [2.24, 2.45) is 0 Å². The van der Waals surface area contributed by atoms with E-state index < -0.39 is 0 Å². The number of anilines is 1. The monoisotopic (exact) mass is 332 g/mol. The van der Waals surface area contributed by atoms with E-state index in [0.29, 0.717) is 5.84 Å². The van der Waals surface area contributed by atoms with Crippen molar-refractivity contribution < 1.29 is 0 Å². The largest absolute Gasteiger partial charge is 0.340 e. The Balaban J connectivity index is 0.00000176. The van der Waals surface area contributed by atoms with Crippen molar-refractivity contribution in [1.29, 1.82) is 5.41 Å². The van der Waals surface area contributed by atoms with Crippen molar-refractivity contribution in [2.45, 2.75) is 13.0 Å². The Morgan fingerprint density at radius 2 is 2.05 bits per heavy atom. The van der Waals surface area contributed by atoms with Gasteiger partial charge in [-0.1, -0.05) is 18.2 Å². The fourth-order valence-electron chi connectivity index (χ4n) is 2.06. The highest BCUT2D eigenvalue weighted by atomic mass is 35.5. The molecule has 2 N–H and O–H groups in total. The van der Waals surface area contributed by atoms with Crippen LogP contribution in [0.2, 0.25) is 0 Å². The normalized spacial score (nSPS) is 10.0. The lowest BCUT2D eigenvalue weighted by Crippen LogP contribution is -2.10. The van der Waals surface area contributed by atoms with Crippen molar-refractivity contribution >= 4 is 35.3 Å². The zero-order valence-corrected chi connectivity index (χ0v) is 13.5. The van der Waals surface area contributed by atoms with Crippen molar-refractivity contribution in [2.75, 3.05) is 5.32 Å². The molecule has 2 heterocycles. The fourth-order valence-corrected chi connectivity index (χ4v) is 2.69. The Kier molecular flexibility index (Phi) is 5.75. The van der Waals surface area contributed by atoms with Gasteiger partial charge in [-0.05, 0) is 35.6 Å². The van der Waals surface area contributed by atoms with E-state index in [1.807, 2.05) is 42.2 Å². The van der Waals surface area contributed by atoms with Gasteiger partial charge in [0.2, 0.25) is 0 Å². The third-order valence-electron chi connectivity index (χ3n) is 3.21. The van der Waals surface area contributed by atoms with Gasteiger partial charge in [0.25, 0.3) is 0 Å². The number of halogens is 1. The van der Waals surface area contributed by atoms with Crippen LogP contribution in [0.4, 0.5) is 5.69 Å². The molecule has 114 valence electrons. The van der Waals surface area contributed by atoms with Gasteiger partial charge in [-0.3, -0.25) is 5.41 Å². The Hall–Kier alpha value is -2.11. The van der Waals surface area contributed by atoms with Crippen molar-refractivity contribution in [3.8, 4) is 0 Å². The van der Waals surface area contributed by atoms with Gasteiger partial charge in [-0.25, -0.2) is 4.98 Å². The van der Waals surface area contributed by atoms with Crippen LogP contribution in [-0.4, -0.2) is 15.4 Å². The van der Waals surface area contributed by atoms with Gasteiger partial charge in [0.15, 0.2) is 0 Å². The first-order chi connectivity index (χ1) is 10.3. The van der Waals surface area contributed by atoms with Gasteiger partial charge in [0.05, 0.1) is 11.2 Å². The van der Waals surface area contributed by atoms with E-state index in [1.54, 1.807) is 17.5 Å². The van der Waals surface area contributed by atoms with Gasteiger partial charge in [0.1, 0.15) is 5.84 Å². The molecule has 0 aliphatic rings. The lowest BCUT2D eigenvalue weighted by molar-refractivity contribution is 0.696. The molecule has 0 radical (unpaired) electrons. The van der Waals surface area contributed by atoms with Crippen molar-refractivity contribution in [3.05, 3.63) is 70.9 Å². The van der Waals surface area contributed by atoms with Crippen LogP contribution in [0.1, 0.15) is 10.4 Å². The average molecular weight is 333 g/mol. The molecule has 1 aromatic carbocycles. The van der Waals surface area contributed by atoms with Gasteiger partial charge in [0, 0.05) is 24.6 Å². The number of hydrogen-bond donors (Lipinski definition) is 2. The molecular formula is C16H17ClN4S. The summed E-state index contributed by atoms with van der Waals surface area (Å²) in [7, 11) is 0. The number of nitrogens with one attached hydrogen (secondary N) is 2. The maximum absolute atomic E-state index is 8.00. The third-order valence-corrected chi connectivity index (χ3v) is 4.10. The predicted molar refractivity (Wildman–Crippen MR) is 94.4 cm³/mol. The van der Waals surface area contributed by atoms with Crippen LogP contribution >= 0.6 is 23.7 Å². The number of hydrogen-bond acceptors (Lipinski definition) is 3. The van der Waals surface area contributed by atoms with E-state index in [1.165, 1.54) is 5.56 Å². The molecule has 2 aromatic heterocycles. The molecule has 0 spiro atoms. The third kappa shape index (κ3) is 4.19. The standard InChI is InChI=1S/C16H16N4S.ClH/c17-16(15-2-1-11-21-15)19-14-5-3-13(4-6-14)7-9-20-10-8-18-12-20;/h1-6,8,10-12H,7,9H2,(H2,17,19);1H. The van der Waals surface area contributed by atoms with Crippen LogP contribution in [0, 0.1) is 5.41 Å². The number of amidine groups is 1. The quantitative estimate of drug-likeness (QED) is 0.547. The average Bonchev–Trinajstić information content (AvgIpc) is 3.20.